The lowest BCUT2D eigenvalue weighted by Crippen LogP contribution is -2.26. The molecule has 0 fully saturated rings. The van der Waals surface area contributed by atoms with Crippen LogP contribution < -0.4 is 10.6 Å². The van der Waals surface area contributed by atoms with E-state index in [9.17, 15) is 4.79 Å². The van der Waals surface area contributed by atoms with Crippen molar-refractivity contribution in [2.75, 3.05) is 11.9 Å². The highest BCUT2D eigenvalue weighted by Crippen LogP contribution is 2.04. The van der Waals surface area contributed by atoms with Gasteiger partial charge in [-0.05, 0) is 38.3 Å². The molecule has 0 saturated carbocycles. The van der Waals surface area contributed by atoms with Crippen molar-refractivity contribution in [2.45, 2.75) is 40.2 Å². The summed E-state index contributed by atoms with van der Waals surface area (Å²) in [7, 11) is 0. The normalized spacial score (nSPS) is 10.8. The summed E-state index contributed by atoms with van der Waals surface area (Å²) >= 11 is 0. The van der Waals surface area contributed by atoms with Crippen LogP contribution in [0.3, 0.4) is 0 Å². The summed E-state index contributed by atoms with van der Waals surface area (Å²) in [5.74, 6) is 1.09. The summed E-state index contributed by atoms with van der Waals surface area (Å²) in [6.45, 7) is 8.96. The summed E-state index contributed by atoms with van der Waals surface area (Å²) < 4.78 is 0. The Morgan fingerprint density at radius 3 is 2.44 bits per heavy atom. The second kappa shape index (κ2) is 6.93. The third-order valence-corrected chi connectivity index (χ3v) is 2.34. The fourth-order valence-electron chi connectivity index (χ4n) is 1.39. The number of rotatable bonds is 6. The number of nitrogens with one attached hydrogen (secondary N) is 2. The highest BCUT2D eigenvalue weighted by Gasteiger charge is 2.08. The van der Waals surface area contributed by atoms with Gasteiger partial charge in [-0.15, -0.1) is 10.2 Å². The molecule has 0 aliphatic carbocycles. The predicted octanol–water partition coefficient (Wildman–Crippen LogP) is 2.07. The van der Waals surface area contributed by atoms with Crippen molar-refractivity contribution in [3.05, 3.63) is 17.8 Å². The molecule has 0 aromatic carbocycles. The molecule has 2 N–H and O–H groups in total. The molecule has 1 aromatic rings. The van der Waals surface area contributed by atoms with E-state index in [-0.39, 0.29) is 5.91 Å². The highest BCUT2D eigenvalue weighted by molar-refractivity contribution is 5.92. The summed E-state index contributed by atoms with van der Waals surface area (Å²) in [6, 6.07) is 3.75. The molecule has 5 nitrogen and oxygen atoms in total. The number of carbonyl (C=O) groups is 1. The average Bonchev–Trinajstić information content (AvgIpc) is 2.28. The minimum atomic E-state index is -0.167. The van der Waals surface area contributed by atoms with Gasteiger partial charge in [0.1, 0.15) is 5.82 Å². The molecule has 100 valence electrons. The van der Waals surface area contributed by atoms with E-state index < -0.39 is 0 Å². The lowest BCUT2D eigenvalue weighted by Gasteiger charge is -2.09. The summed E-state index contributed by atoms with van der Waals surface area (Å²) in [4.78, 5) is 11.7. The van der Waals surface area contributed by atoms with E-state index in [0.717, 1.165) is 6.42 Å². The number of hydrogen-bond acceptors (Lipinski definition) is 4. The first kappa shape index (κ1) is 14.4. The van der Waals surface area contributed by atoms with E-state index in [1.165, 1.54) is 0 Å². The monoisotopic (exact) mass is 250 g/mol. The van der Waals surface area contributed by atoms with Crippen LogP contribution in [0, 0.1) is 5.92 Å². The Morgan fingerprint density at radius 1 is 1.22 bits per heavy atom. The van der Waals surface area contributed by atoms with Crippen molar-refractivity contribution >= 4 is 11.7 Å². The topological polar surface area (TPSA) is 66.9 Å². The molecule has 0 bridgehead atoms. The Bertz CT molecular complexity index is 373. The Hall–Kier alpha value is -1.65. The van der Waals surface area contributed by atoms with E-state index in [1.807, 2.05) is 13.8 Å². The number of nitrogens with zero attached hydrogens (tertiary/aromatic N) is 2. The van der Waals surface area contributed by atoms with E-state index in [1.54, 1.807) is 12.1 Å². The zero-order valence-electron chi connectivity index (χ0n) is 11.5. The van der Waals surface area contributed by atoms with Gasteiger partial charge < -0.3 is 10.6 Å². The predicted molar refractivity (Wildman–Crippen MR) is 72.6 cm³/mol. The van der Waals surface area contributed by atoms with Crippen molar-refractivity contribution in [3.8, 4) is 0 Å². The largest absolute Gasteiger partial charge is 0.366 e. The van der Waals surface area contributed by atoms with E-state index in [0.29, 0.717) is 30.0 Å². The van der Waals surface area contributed by atoms with Crippen LogP contribution in [0.25, 0.3) is 0 Å². The van der Waals surface area contributed by atoms with Crippen molar-refractivity contribution in [1.29, 1.82) is 0 Å². The van der Waals surface area contributed by atoms with Crippen LogP contribution >= 0.6 is 0 Å². The number of anilines is 1. The van der Waals surface area contributed by atoms with Crippen molar-refractivity contribution in [1.82, 2.24) is 15.5 Å². The maximum absolute atomic E-state index is 11.7. The van der Waals surface area contributed by atoms with Gasteiger partial charge in [-0.2, -0.15) is 0 Å². The molecule has 5 heteroatoms. The Labute approximate surface area is 108 Å². The third kappa shape index (κ3) is 5.12. The Morgan fingerprint density at radius 2 is 1.94 bits per heavy atom. The molecule has 0 unspecified atom stereocenters. The molecule has 0 aliphatic heterocycles. The van der Waals surface area contributed by atoms with Crippen LogP contribution in [-0.4, -0.2) is 28.7 Å². The van der Waals surface area contributed by atoms with Gasteiger partial charge in [0.25, 0.3) is 5.91 Å². The van der Waals surface area contributed by atoms with Gasteiger partial charge in [-0.3, -0.25) is 4.79 Å². The molecule has 0 aliphatic rings. The maximum Gasteiger partial charge on any atom is 0.271 e. The molecule has 18 heavy (non-hydrogen) atoms. The van der Waals surface area contributed by atoms with Gasteiger partial charge >= 0.3 is 0 Å². The quantitative estimate of drug-likeness (QED) is 0.811. The molecule has 0 atom stereocenters. The molecular weight excluding hydrogens is 228 g/mol. The van der Waals surface area contributed by atoms with Gasteiger partial charge in [0.15, 0.2) is 5.69 Å². The Balaban J connectivity index is 2.48. The van der Waals surface area contributed by atoms with Crippen LogP contribution in [0.5, 0.6) is 0 Å². The van der Waals surface area contributed by atoms with Gasteiger partial charge in [-0.25, -0.2) is 0 Å². The minimum Gasteiger partial charge on any atom is -0.366 e. The fourth-order valence-corrected chi connectivity index (χ4v) is 1.39. The molecule has 0 radical (unpaired) electrons. The van der Waals surface area contributed by atoms with Gasteiger partial charge in [-0.1, -0.05) is 13.8 Å². The van der Waals surface area contributed by atoms with Gasteiger partial charge in [0.2, 0.25) is 0 Å². The highest BCUT2D eigenvalue weighted by atomic mass is 16.1. The smallest absolute Gasteiger partial charge is 0.271 e. The number of hydrogen-bond donors (Lipinski definition) is 2. The van der Waals surface area contributed by atoms with E-state index >= 15 is 0 Å². The summed E-state index contributed by atoms with van der Waals surface area (Å²) in [5, 5.41) is 13.8. The lowest BCUT2D eigenvalue weighted by atomic mass is 10.1. The molecule has 0 saturated heterocycles. The zero-order chi connectivity index (χ0) is 13.5. The number of carbonyl (C=O) groups excluding carboxylic acids is 1. The van der Waals surface area contributed by atoms with Crippen LogP contribution in [0.4, 0.5) is 5.82 Å². The van der Waals surface area contributed by atoms with Crippen molar-refractivity contribution < 1.29 is 4.79 Å². The van der Waals surface area contributed by atoms with E-state index in [2.05, 4.69) is 34.7 Å². The van der Waals surface area contributed by atoms with Crippen LogP contribution in [-0.2, 0) is 0 Å². The minimum absolute atomic E-state index is 0.167. The van der Waals surface area contributed by atoms with Gasteiger partial charge in [0.05, 0.1) is 0 Å². The second-order valence-corrected chi connectivity index (χ2v) is 5.04. The molecular formula is C13H22N4O. The van der Waals surface area contributed by atoms with Crippen molar-refractivity contribution in [2.24, 2.45) is 5.92 Å². The first-order valence-corrected chi connectivity index (χ1v) is 6.37. The Kier molecular flexibility index (Phi) is 5.55. The summed E-state index contributed by atoms with van der Waals surface area (Å²) in [5.41, 5.74) is 0.355. The second-order valence-electron chi connectivity index (χ2n) is 5.04. The standard InChI is InChI=1S/C13H22N4O/c1-9(2)7-8-14-13(18)11-5-6-12(17-16-11)15-10(3)4/h5-6,9-10H,7-8H2,1-4H3,(H,14,18)(H,15,17). The zero-order valence-corrected chi connectivity index (χ0v) is 11.5. The third-order valence-electron chi connectivity index (χ3n) is 2.34. The molecule has 1 aromatic heterocycles. The van der Waals surface area contributed by atoms with E-state index in [4.69, 9.17) is 0 Å². The maximum atomic E-state index is 11.7. The van der Waals surface area contributed by atoms with Crippen LogP contribution in [0.1, 0.15) is 44.6 Å². The average molecular weight is 250 g/mol. The van der Waals surface area contributed by atoms with Crippen molar-refractivity contribution in [3.63, 3.8) is 0 Å². The molecule has 1 amide bonds. The fraction of sp³-hybridized carbons (Fsp3) is 0.615. The SMILES string of the molecule is CC(C)CCNC(=O)c1ccc(NC(C)C)nn1. The number of aromatic nitrogens is 2. The first-order valence-electron chi connectivity index (χ1n) is 6.37. The van der Waals surface area contributed by atoms with Crippen LogP contribution in [0.2, 0.25) is 0 Å². The first-order chi connectivity index (χ1) is 8.49. The lowest BCUT2D eigenvalue weighted by molar-refractivity contribution is 0.0946. The molecule has 1 heterocycles. The molecule has 1 rings (SSSR count). The number of amides is 1. The van der Waals surface area contributed by atoms with Gasteiger partial charge in [0, 0.05) is 12.6 Å². The molecule has 0 spiro atoms. The van der Waals surface area contributed by atoms with Crippen LogP contribution in [0.15, 0.2) is 12.1 Å². The summed E-state index contributed by atoms with van der Waals surface area (Å²) in [6.07, 6.45) is 0.964.